The van der Waals surface area contributed by atoms with Crippen LogP contribution in [0.2, 0.25) is 0 Å². The first kappa shape index (κ1) is 29.9. The predicted octanol–water partition coefficient (Wildman–Crippen LogP) is 10.8. The van der Waals surface area contributed by atoms with Crippen molar-refractivity contribution in [2.45, 2.75) is 13.3 Å². The molecule has 0 radical (unpaired) electrons. The second-order valence-corrected chi connectivity index (χ2v) is 16.0. The molecule has 0 aliphatic carbocycles. The smallest absolute Gasteiger partial charge is 0.175 e. The molecule has 0 amide bonds. The highest BCUT2D eigenvalue weighted by atomic mass is 31.2. The van der Waals surface area contributed by atoms with Crippen LogP contribution in [0.3, 0.4) is 0 Å². The van der Waals surface area contributed by atoms with Crippen molar-refractivity contribution >= 4 is 55.6 Å². The maximum absolute atomic E-state index is 15.7. The number of fused-ring (bicyclic) bond motifs is 4. The largest absolute Gasteiger partial charge is 0.308 e. The molecule has 2 heterocycles. The number of hydrogen-bond acceptors (Lipinski definition) is 2. The molecule has 0 N–H and O–H groups in total. The summed E-state index contributed by atoms with van der Waals surface area (Å²) in [5, 5.41) is 7.33. The molecule has 3 nitrogen and oxygen atoms in total. The average Bonchev–Trinajstić information content (AvgIpc) is 3.59. The molecule has 0 bridgehead atoms. The zero-order valence-electron chi connectivity index (χ0n) is 28.1. The van der Waals surface area contributed by atoms with Gasteiger partial charge in [-0.15, -0.1) is 0 Å². The van der Waals surface area contributed by atoms with Gasteiger partial charge < -0.3 is 4.57 Å². The molecule has 10 rings (SSSR count). The van der Waals surface area contributed by atoms with Crippen LogP contribution in [0.5, 0.6) is 0 Å². The molecule has 9 aromatic rings. The van der Waals surface area contributed by atoms with Gasteiger partial charge in [0.15, 0.2) is 7.14 Å². The van der Waals surface area contributed by atoms with Crippen molar-refractivity contribution in [3.63, 3.8) is 0 Å². The molecule has 0 fully saturated rings. The van der Waals surface area contributed by atoms with Gasteiger partial charge in [-0.25, -0.2) is 4.98 Å². The number of aryl methyl sites for hydroxylation is 1. The molecule has 242 valence electrons. The fourth-order valence-corrected chi connectivity index (χ4v) is 11.3. The Bertz CT molecular complexity index is 2820. The summed E-state index contributed by atoms with van der Waals surface area (Å²) in [6.45, 7) is 2.14. The Morgan fingerprint density at radius 2 is 1.06 bits per heavy atom. The van der Waals surface area contributed by atoms with Crippen molar-refractivity contribution in [3.8, 4) is 39.1 Å². The minimum Gasteiger partial charge on any atom is -0.308 e. The van der Waals surface area contributed by atoms with Gasteiger partial charge >= 0.3 is 0 Å². The topological polar surface area (TPSA) is 34.9 Å². The Labute approximate surface area is 296 Å². The summed E-state index contributed by atoms with van der Waals surface area (Å²) < 4.78 is 18.0. The lowest BCUT2D eigenvalue weighted by atomic mass is 9.85. The highest BCUT2D eigenvalue weighted by Crippen LogP contribution is 2.51. The number of hydrogen-bond donors (Lipinski definition) is 0. The molecule has 1 unspecified atom stereocenters. The van der Waals surface area contributed by atoms with Crippen LogP contribution in [-0.4, -0.2) is 9.55 Å². The van der Waals surface area contributed by atoms with Crippen molar-refractivity contribution in [1.82, 2.24) is 9.55 Å². The van der Waals surface area contributed by atoms with Gasteiger partial charge in [0, 0.05) is 22.3 Å². The molecule has 1 aliphatic rings. The van der Waals surface area contributed by atoms with Gasteiger partial charge in [-0.2, -0.15) is 0 Å². The number of benzene rings is 8. The van der Waals surface area contributed by atoms with E-state index in [-0.39, 0.29) is 0 Å². The van der Waals surface area contributed by atoms with Crippen LogP contribution in [0.15, 0.2) is 170 Å². The number of rotatable bonds is 5. The first-order valence-corrected chi connectivity index (χ1v) is 19.3. The SMILES string of the molecule is CCc1nc2cccc3c2n1-c1cc(-c2c4ccccc4c(-c4cccc(-c5ccccc5)c4)c4ccccc24)ccc1P3(=O)c1ccccc1. The second kappa shape index (κ2) is 11.5. The Kier molecular flexibility index (Phi) is 6.74. The summed E-state index contributed by atoms with van der Waals surface area (Å²) in [5.74, 6) is 0.971. The Morgan fingerprint density at radius 3 is 1.71 bits per heavy atom. The van der Waals surface area contributed by atoms with E-state index in [1.807, 2.05) is 48.5 Å². The van der Waals surface area contributed by atoms with E-state index in [9.17, 15) is 0 Å². The van der Waals surface area contributed by atoms with E-state index in [0.717, 1.165) is 50.4 Å². The molecule has 1 atom stereocenters. The summed E-state index contributed by atoms with van der Waals surface area (Å²) in [4.78, 5) is 5.08. The van der Waals surface area contributed by atoms with E-state index >= 15 is 4.57 Å². The van der Waals surface area contributed by atoms with E-state index in [0.29, 0.717) is 0 Å². The van der Waals surface area contributed by atoms with Gasteiger partial charge in [0.1, 0.15) is 5.82 Å². The average molecular weight is 673 g/mol. The maximum atomic E-state index is 15.7. The van der Waals surface area contributed by atoms with Crippen LogP contribution < -0.4 is 15.9 Å². The van der Waals surface area contributed by atoms with Crippen LogP contribution in [0.4, 0.5) is 0 Å². The summed E-state index contributed by atoms with van der Waals surface area (Å²) in [5.41, 5.74) is 9.87. The van der Waals surface area contributed by atoms with Gasteiger partial charge in [-0.1, -0.05) is 146 Å². The maximum Gasteiger partial charge on any atom is 0.175 e. The molecule has 1 aromatic heterocycles. The minimum absolute atomic E-state index is 0.760. The van der Waals surface area contributed by atoms with Crippen molar-refractivity contribution in [1.29, 1.82) is 0 Å². The third kappa shape index (κ3) is 4.38. The van der Waals surface area contributed by atoms with Crippen molar-refractivity contribution in [2.24, 2.45) is 0 Å². The molecule has 1 aliphatic heterocycles. The van der Waals surface area contributed by atoms with Crippen molar-refractivity contribution in [2.75, 3.05) is 0 Å². The Balaban J connectivity index is 1.27. The van der Waals surface area contributed by atoms with Crippen LogP contribution in [0.1, 0.15) is 12.7 Å². The molecule has 51 heavy (non-hydrogen) atoms. The van der Waals surface area contributed by atoms with Crippen LogP contribution >= 0.6 is 7.14 Å². The zero-order valence-corrected chi connectivity index (χ0v) is 29.0. The lowest BCUT2D eigenvalue weighted by Gasteiger charge is -2.30. The van der Waals surface area contributed by atoms with E-state index in [2.05, 4.69) is 133 Å². The van der Waals surface area contributed by atoms with Crippen LogP contribution in [-0.2, 0) is 11.0 Å². The molecular weight excluding hydrogens is 640 g/mol. The molecular formula is C47H33N2OP. The number of nitrogens with zero attached hydrogens (tertiary/aromatic N) is 2. The third-order valence-corrected chi connectivity index (χ3v) is 13.7. The number of aromatic nitrogens is 2. The Hall–Kier alpha value is -6.02. The summed E-state index contributed by atoms with van der Waals surface area (Å²) in [6, 6.07) is 59.7. The van der Waals surface area contributed by atoms with E-state index in [1.165, 1.54) is 49.4 Å². The minimum atomic E-state index is -3.21. The Morgan fingerprint density at radius 1 is 0.510 bits per heavy atom. The highest BCUT2D eigenvalue weighted by molar-refractivity contribution is 7.86. The summed E-state index contributed by atoms with van der Waals surface area (Å²) in [6.07, 6.45) is 0.760. The standard InChI is InChI=1S/C47H33N2OP/c1-2-44-48-40-25-14-26-43-47(40)49(44)41-30-34(27-28-42(41)51(43,50)35-19-7-4-8-20-35)46-38-23-11-9-21-36(38)45(37-22-10-12-24-39(37)46)33-18-13-17-32(29-33)31-15-5-3-6-16-31/h3-30H,2H2,1H3. The van der Waals surface area contributed by atoms with Crippen molar-refractivity contribution in [3.05, 3.63) is 176 Å². The van der Waals surface area contributed by atoms with Crippen LogP contribution in [0, 0.1) is 0 Å². The second-order valence-electron chi connectivity index (χ2n) is 13.3. The molecule has 0 spiro atoms. The van der Waals surface area contributed by atoms with Gasteiger partial charge in [0.2, 0.25) is 0 Å². The van der Waals surface area contributed by atoms with E-state index in [1.54, 1.807) is 0 Å². The first-order valence-electron chi connectivity index (χ1n) is 17.6. The first-order chi connectivity index (χ1) is 25.1. The van der Waals surface area contributed by atoms with E-state index in [4.69, 9.17) is 4.98 Å². The fourth-order valence-electron chi connectivity index (χ4n) is 8.31. The fraction of sp³-hybridized carbons (Fsp3) is 0.0426. The van der Waals surface area contributed by atoms with Crippen molar-refractivity contribution < 1.29 is 4.57 Å². The van der Waals surface area contributed by atoms with Gasteiger partial charge in [0.05, 0.1) is 16.7 Å². The zero-order chi connectivity index (χ0) is 34.1. The summed E-state index contributed by atoms with van der Waals surface area (Å²) in [7, 11) is -3.21. The monoisotopic (exact) mass is 672 g/mol. The quantitative estimate of drug-likeness (QED) is 0.135. The summed E-state index contributed by atoms with van der Waals surface area (Å²) >= 11 is 0. The lowest BCUT2D eigenvalue weighted by molar-refractivity contribution is 0.592. The van der Waals surface area contributed by atoms with Gasteiger partial charge in [-0.05, 0) is 85.3 Å². The van der Waals surface area contributed by atoms with E-state index < -0.39 is 7.14 Å². The lowest BCUT2D eigenvalue weighted by Crippen LogP contribution is -2.33. The molecule has 8 aromatic carbocycles. The van der Waals surface area contributed by atoms with Crippen LogP contribution in [0.25, 0.3) is 71.6 Å². The normalized spacial score (nSPS) is 15.0. The predicted molar refractivity (Wildman–Crippen MR) is 215 cm³/mol. The third-order valence-electron chi connectivity index (χ3n) is 10.5. The highest BCUT2D eigenvalue weighted by Gasteiger charge is 2.40. The molecule has 0 saturated heterocycles. The number of imidazole rings is 1. The van der Waals surface area contributed by atoms with Gasteiger partial charge in [-0.3, -0.25) is 4.57 Å². The molecule has 4 heteroatoms. The number of para-hydroxylation sites is 1. The van der Waals surface area contributed by atoms with Gasteiger partial charge in [0.25, 0.3) is 0 Å². The molecule has 0 saturated carbocycles.